The molecule has 3 heteroatoms. The first-order valence-corrected chi connectivity index (χ1v) is 9.58. The van der Waals surface area contributed by atoms with E-state index < -0.39 is 0 Å². The van der Waals surface area contributed by atoms with Gasteiger partial charge < -0.3 is 9.52 Å². The number of benzene rings is 3. The van der Waals surface area contributed by atoms with Crippen LogP contribution in [0.5, 0.6) is 5.75 Å². The lowest BCUT2D eigenvalue weighted by atomic mass is 9.97. The highest BCUT2D eigenvalue weighted by Crippen LogP contribution is 2.36. The molecule has 2 aromatic heterocycles. The third-order valence-corrected chi connectivity index (χ3v) is 5.12. The Morgan fingerprint density at radius 1 is 0.690 bits per heavy atom. The van der Waals surface area contributed by atoms with Crippen molar-refractivity contribution in [3.63, 3.8) is 0 Å². The maximum atomic E-state index is 9.51. The highest BCUT2D eigenvalue weighted by Gasteiger charge is 2.17. The first-order chi connectivity index (χ1) is 14.3. The van der Waals surface area contributed by atoms with E-state index in [9.17, 15) is 5.11 Å². The van der Waals surface area contributed by atoms with E-state index in [0.29, 0.717) is 12.1 Å². The fraction of sp³-hybridized carbons (Fsp3) is 0.0385. The number of aromatic hydroxyl groups is 1. The average Bonchev–Trinajstić information content (AvgIpc) is 3.13. The summed E-state index contributed by atoms with van der Waals surface area (Å²) in [5.74, 6) is 1.19. The van der Waals surface area contributed by atoms with Crippen LogP contribution < -0.4 is 0 Å². The second-order valence-electron chi connectivity index (χ2n) is 7.04. The normalized spacial score (nSPS) is 11.0. The number of phenols is 1. The summed E-state index contributed by atoms with van der Waals surface area (Å²) >= 11 is 0. The molecule has 0 fully saturated rings. The number of pyridine rings is 1. The molecule has 3 nitrogen and oxygen atoms in total. The molecule has 5 aromatic rings. The number of hydrogen-bond acceptors (Lipinski definition) is 3. The van der Waals surface area contributed by atoms with Crippen molar-refractivity contribution in [1.82, 2.24) is 4.98 Å². The van der Waals surface area contributed by atoms with Gasteiger partial charge in [-0.2, -0.15) is 0 Å². The molecule has 0 aliphatic carbocycles. The molecule has 0 saturated carbocycles. The van der Waals surface area contributed by atoms with Gasteiger partial charge in [-0.25, -0.2) is 4.98 Å². The van der Waals surface area contributed by atoms with Crippen molar-refractivity contribution in [2.75, 3.05) is 0 Å². The molecule has 3 aromatic carbocycles. The lowest BCUT2D eigenvalue weighted by Gasteiger charge is -2.07. The topological polar surface area (TPSA) is 46.3 Å². The van der Waals surface area contributed by atoms with Crippen molar-refractivity contribution in [2.45, 2.75) is 6.42 Å². The van der Waals surface area contributed by atoms with Gasteiger partial charge in [-0.3, -0.25) is 0 Å². The van der Waals surface area contributed by atoms with Gasteiger partial charge in [-0.15, -0.1) is 0 Å². The molecule has 0 amide bonds. The molecule has 5 rings (SSSR count). The van der Waals surface area contributed by atoms with Gasteiger partial charge in [-0.1, -0.05) is 66.7 Å². The number of phenolic OH excluding ortho intramolecular Hbond substituents is 1. The summed E-state index contributed by atoms with van der Waals surface area (Å²) < 4.78 is 6.15. The molecule has 0 radical (unpaired) electrons. The zero-order valence-corrected chi connectivity index (χ0v) is 15.7. The SMILES string of the molecule is Oc1ccc(-c2ccc(-c3c(Cc4ccccc4)oc4ncccc34)cc2)cc1. The standard InChI is InChI=1S/C26H19NO2/c28-22-14-12-20(13-15-22)19-8-10-21(11-9-19)25-23-7-4-16-27-26(23)29-24(25)17-18-5-2-1-3-6-18/h1-16,28H,17H2. The quantitative estimate of drug-likeness (QED) is 0.391. The number of furan rings is 1. The molecule has 0 aliphatic heterocycles. The van der Waals surface area contributed by atoms with Crippen molar-refractivity contribution < 1.29 is 9.52 Å². The molecule has 0 aliphatic rings. The Labute approximate surface area is 168 Å². The van der Waals surface area contributed by atoms with Crippen LogP contribution in [0.4, 0.5) is 0 Å². The van der Waals surface area contributed by atoms with Crippen LogP contribution in [0.15, 0.2) is 102 Å². The lowest BCUT2D eigenvalue weighted by molar-refractivity contribution is 0.475. The Hall–Kier alpha value is -3.85. The van der Waals surface area contributed by atoms with Gasteiger partial charge in [0.2, 0.25) is 5.71 Å². The minimum absolute atomic E-state index is 0.272. The van der Waals surface area contributed by atoms with E-state index in [0.717, 1.165) is 33.4 Å². The summed E-state index contributed by atoms with van der Waals surface area (Å²) in [5.41, 5.74) is 6.23. The highest BCUT2D eigenvalue weighted by atomic mass is 16.3. The molecule has 0 saturated heterocycles. The van der Waals surface area contributed by atoms with Crippen LogP contribution in [0.3, 0.4) is 0 Å². The molecule has 140 valence electrons. The van der Waals surface area contributed by atoms with Gasteiger partial charge in [0.15, 0.2) is 0 Å². The van der Waals surface area contributed by atoms with E-state index in [2.05, 4.69) is 47.4 Å². The van der Waals surface area contributed by atoms with E-state index in [1.807, 2.05) is 36.4 Å². The van der Waals surface area contributed by atoms with E-state index in [1.165, 1.54) is 5.56 Å². The monoisotopic (exact) mass is 377 g/mol. The van der Waals surface area contributed by atoms with Gasteiger partial charge in [0.05, 0.1) is 0 Å². The third kappa shape index (κ3) is 3.39. The lowest BCUT2D eigenvalue weighted by Crippen LogP contribution is -1.89. The maximum absolute atomic E-state index is 9.51. The molecule has 2 heterocycles. The Morgan fingerprint density at radius 2 is 1.34 bits per heavy atom. The molecule has 0 spiro atoms. The summed E-state index contributed by atoms with van der Waals surface area (Å²) in [6, 6.07) is 30.0. The van der Waals surface area contributed by atoms with Crippen molar-refractivity contribution in [3.8, 4) is 28.0 Å². The van der Waals surface area contributed by atoms with Gasteiger partial charge in [0.1, 0.15) is 11.5 Å². The first-order valence-electron chi connectivity index (χ1n) is 9.58. The first kappa shape index (κ1) is 17.3. The maximum Gasteiger partial charge on any atom is 0.226 e. The minimum Gasteiger partial charge on any atom is -0.508 e. The second-order valence-corrected chi connectivity index (χ2v) is 7.04. The summed E-state index contributed by atoms with van der Waals surface area (Å²) in [5, 5.41) is 10.5. The van der Waals surface area contributed by atoms with E-state index >= 15 is 0 Å². The number of nitrogens with zero attached hydrogens (tertiary/aromatic N) is 1. The minimum atomic E-state index is 0.272. The Morgan fingerprint density at radius 3 is 2.07 bits per heavy atom. The molecule has 1 N–H and O–H groups in total. The highest BCUT2D eigenvalue weighted by molar-refractivity contribution is 5.94. The number of hydrogen-bond donors (Lipinski definition) is 1. The van der Waals surface area contributed by atoms with Gasteiger partial charge in [0, 0.05) is 23.6 Å². The average molecular weight is 377 g/mol. The fourth-order valence-electron chi connectivity index (χ4n) is 3.69. The predicted octanol–water partition coefficient (Wildman–Crippen LogP) is 6.46. The molecular weight excluding hydrogens is 358 g/mol. The van der Waals surface area contributed by atoms with Crippen molar-refractivity contribution >= 4 is 11.1 Å². The Kier molecular flexibility index (Phi) is 4.34. The smallest absolute Gasteiger partial charge is 0.226 e. The summed E-state index contributed by atoms with van der Waals surface area (Å²) in [4.78, 5) is 4.41. The van der Waals surface area contributed by atoms with Crippen molar-refractivity contribution in [2.24, 2.45) is 0 Å². The van der Waals surface area contributed by atoms with E-state index in [1.54, 1.807) is 18.3 Å². The zero-order valence-electron chi connectivity index (χ0n) is 15.7. The number of aromatic nitrogens is 1. The predicted molar refractivity (Wildman–Crippen MR) is 116 cm³/mol. The van der Waals surface area contributed by atoms with Gasteiger partial charge in [0.25, 0.3) is 0 Å². The molecule has 0 bridgehead atoms. The van der Waals surface area contributed by atoms with E-state index in [4.69, 9.17) is 4.42 Å². The van der Waals surface area contributed by atoms with Crippen molar-refractivity contribution in [1.29, 1.82) is 0 Å². The zero-order chi connectivity index (χ0) is 19.6. The van der Waals surface area contributed by atoms with E-state index in [-0.39, 0.29) is 5.75 Å². The van der Waals surface area contributed by atoms with Crippen LogP contribution in [0.25, 0.3) is 33.4 Å². The number of rotatable bonds is 4. The number of fused-ring (bicyclic) bond motifs is 1. The third-order valence-electron chi connectivity index (χ3n) is 5.12. The van der Waals surface area contributed by atoms with Gasteiger partial charge >= 0.3 is 0 Å². The summed E-state index contributed by atoms with van der Waals surface area (Å²) in [6.45, 7) is 0. The van der Waals surface area contributed by atoms with Crippen LogP contribution in [-0.2, 0) is 6.42 Å². The van der Waals surface area contributed by atoms with Crippen LogP contribution in [0, 0.1) is 0 Å². The summed E-state index contributed by atoms with van der Waals surface area (Å²) in [6.07, 6.45) is 2.47. The van der Waals surface area contributed by atoms with Crippen LogP contribution >= 0.6 is 0 Å². The summed E-state index contributed by atoms with van der Waals surface area (Å²) in [7, 11) is 0. The Balaban J connectivity index is 1.58. The largest absolute Gasteiger partial charge is 0.508 e. The Bertz CT molecular complexity index is 1250. The van der Waals surface area contributed by atoms with Crippen LogP contribution in [-0.4, -0.2) is 10.1 Å². The van der Waals surface area contributed by atoms with Gasteiger partial charge in [-0.05, 0) is 46.5 Å². The molecular formula is C26H19NO2. The molecule has 0 unspecified atom stereocenters. The van der Waals surface area contributed by atoms with Crippen LogP contribution in [0.1, 0.15) is 11.3 Å². The fourth-order valence-corrected chi connectivity index (χ4v) is 3.69. The van der Waals surface area contributed by atoms with Crippen molar-refractivity contribution in [3.05, 3.63) is 109 Å². The van der Waals surface area contributed by atoms with Crippen LogP contribution in [0.2, 0.25) is 0 Å². The molecule has 29 heavy (non-hydrogen) atoms. The molecule has 0 atom stereocenters. The second kappa shape index (κ2) is 7.28.